The summed E-state index contributed by atoms with van der Waals surface area (Å²) in [5.74, 6) is -1.39. The van der Waals surface area contributed by atoms with Gasteiger partial charge in [0.05, 0.1) is 11.4 Å². The van der Waals surface area contributed by atoms with E-state index in [2.05, 4.69) is 20.9 Å². The van der Waals surface area contributed by atoms with Crippen molar-refractivity contribution in [2.24, 2.45) is 5.92 Å². The van der Waals surface area contributed by atoms with Gasteiger partial charge in [-0.3, -0.25) is 9.69 Å². The van der Waals surface area contributed by atoms with Gasteiger partial charge in [0, 0.05) is 34.3 Å². The van der Waals surface area contributed by atoms with Gasteiger partial charge in [0.25, 0.3) is 0 Å². The summed E-state index contributed by atoms with van der Waals surface area (Å²) < 4.78 is 35.2. The quantitative estimate of drug-likeness (QED) is 0.714. The highest BCUT2D eigenvalue weighted by molar-refractivity contribution is 9.10. The summed E-state index contributed by atoms with van der Waals surface area (Å²) in [6, 6.07) is 7.63. The molecule has 2 aromatic rings. The van der Waals surface area contributed by atoms with Crippen LogP contribution in [-0.2, 0) is 15.0 Å². The molecule has 1 amide bonds. The molecule has 0 N–H and O–H groups in total. The number of benzene rings is 1. The Morgan fingerprint density at radius 3 is 2.91 bits per heavy atom. The summed E-state index contributed by atoms with van der Waals surface area (Å²) in [5.41, 5.74) is 1.65. The number of anilines is 1. The molecule has 122 valence electrons. The fraction of sp³-hybridized carbons (Fsp3) is 0.286. The lowest BCUT2D eigenvalue weighted by molar-refractivity contribution is -0.117. The third-order valence-electron chi connectivity index (χ3n) is 3.48. The molecule has 3 rings (SSSR count). The second-order valence-electron chi connectivity index (χ2n) is 5.31. The van der Waals surface area contributed by atoms with Crippen LogP contribution in [0.5, 0.6) is 0 Å². The van der Waals surface area contributed by atoms with Crippen molar-refractivity contribution in [2.45, 2.75) is 6.42 Å². The molecular weight excluding hydrogens is 407 g/mol. The fourth-order valence-corrected chi connectivity index (χ4v) is 4.57. The molecule has 0 aliphatic carbocycles. The van der Waals surface area contributed by atoms with Crippen LogP contribution in [0.2, 0.25) is 0 Å². The van der Waals surface area contributed by atoms with Crippen molar-refractivity contribution in [3.63, 3.8) is 0 Å². The second kappa shape index (κ2) is 6.29. The minimum atomic E-state index is -4.58. The lowest BCUT2D eigenvalue weighted by Crippen LogP contribution is -2.25. The van der Waals surface area contributed by atoms with Gasteiger partial charge < -0.3 is 0 Å². The molecule has 0 spiro atoms. The molecule has 1 aliphatic rings. The van der Waals surface area contributed by atoms with Gasteiger partial charge in [0.2, 0.25) is 5.91 Å². The first kappa shape index (κ1) is 16.5. The van der Waals surface area contributed by atoms with Crippen molar-refractivity contribution < 1.29 is 17.1 Å². The first-order valence-electron chi connectivity index (χ1n) is 6.76. The Bertz CT molecular complexity index is 853. The van der Waals surface area contributed by atoms with Crippen molar-refractivity contribution in [3.05, 3.63) is 34.1 Å². The third kappa shape index (κ3) is 3.96. The maximum atomic E-state index is 12.8. The smallest absolute Gasteiger partial charge is 0.288 e. The molecule has 1 saturated heterocycles. The molecule has 0 radical (unpaired) electrons. The average molecular weight is 419 g/mol. The molecule has 1 aromatic carbocycles. The van der Waals surface area contributed by atoms with Crippen molar-refractivity contribution in [3.8, 4) is 11.3 Å². The van der Waals surface area contributed by atoms with Crippen molar-refractivity contribution >= 4 is 48.5 Å². The predicted octanol–water partition coefficient (Wildman–Crippen LogP) is 3.22. The van der Waals surface area contributed by atoms with Gasteiger partial charge in [0.1, 0.15) is 0 Å². The molecule has 1 atom stereocenters. The Hall–Kier alpha value is -1.32. The second-order valence-corrected chi connectivity index (χ2v) is 8.47. The van der Waals surface area contributed by atoms with E-state index in [1.54, 1.807) is 0 Å². The highest BCUT2D eigenvalue weighted by Crippen LogP contribution is 2.32. The van der Waals surface area contributed by atoms with E-state index in [1.807, 2.05) is 29.6 Å². The predicted molar refractivity (Wildman–Crippen MR) is 90.6 cm³/mol. The van der Waals surface area contributed by atoms with Gasteiger partial charge in [-0.05, 0) is 12.1 Å². The van der Waals surface area contributed by atoms with E-state index in [-0.39, 0.29) is 18.9 Å². The molecule has 5 nitrogen and oxygen atoms in total. The fourth-order valence-electron chi connectivity index (χ4n) is 2.53. The summed E-state index contributed by atoms with van der Waals surface area (Å²) in [6.45, 7) is 0.174. The lowest BCUT2D eigenvalue weighted by atomic mass is 10.1. The van der Waals surface area contributed by atoms with Crippen molar-refractivity contribution in [2.75, 3.05) is 17.2 Å². The standard InChI is InChI=1S/C14H12BrFN2O3S2/c15-11-3-1-2-10(5-11)12-7-22-14(17-12)18-6-9(4-13(18)19)8-23(16,20)21/h1-3,5,7,9H,4,6,8H2. The highest BCUT2D eigenvalue weighted by atomic mass is 79.9. The van der Waals surface area contributed by atoms with E-state index in [0.29, 0.717) is 5.13 Å². The Labute approximate surface area is 145 Å². The molecule has 0 bridgehead atoms. The maximum absolute atomic E-state index is 12.8. The zero-order valence-electron chi connectivity index (χ0n) is 11.8. The molecule has 9 heteroatoms. The first-order chi connectivity index (χ1) is 10.8. The Kier molecular flexibility index (Phi) is 4.52. The minimum Gasteiger partial charge on any atom is -0.288 e. The summed E-state index contributed by atoms with van der Waals surface area (Å²) in [4.78, 5) is 17.9. The highest BCUT2D eigenvalue weighted by Gasteiger charge is 2.35. The van der Waals surface area contributed by atoms with Crippen molar-refractivity contribution in [1.82, 2.24) is 4.98 Å². The number of carbonyl (C=O) groups is 1. The monoisotopic (exact) mass is 418 g/mol. The van der Waals surface area contributed by atoms with Crippen LogP contribution in [0.15, 0.2) is 34.1 Å². The molecule has 0 saturated carbocycles. The van der Waals surface area contributed by atoms with Gasteiger partial charge in [-0.25, -0.2) is 4.98 Å². The maximum Gasteiger partial charge on any atom is 0.302 e. The number of nitrogens with zero attached hydrogens (tertiary/aromatic N) is 2. The van der Waals surface area contributed by atoms with Crippen LogP contribution in [0.4, 0.5) is 9.02 Å². The lowest BCUT2D eigenvalue weighted by Gasteiger charge is -2.12. The number of aromatic nitrogens is 1. The van der Waals surface area contributed by atoms with Gasteiger partial charge in [-0.1, -0.05) is 28.1 Å². The van der Waals surface area contributed by atoms with Crippen LogP contribution in [0.3, 0.4) is 0 Å². The van der Waals surface area contributed by atoms with Crippen LogP contribution < -0.4 is 4.90 Å². The number of halogens is 2. The molecule has 1 aliphatic heterocycles. The number of hydrogen-bond acceptors (Lipinski definition) is 5. The van der Waals surface area contributed by atoms with Gasteiger partial charge in [-0.15, -0.1) is 15.2 Å². The number of carbonyl (C=O) groups excluding carboxylic acids is 1. The molecule has 1 unspecified atom stereocenters. The van der Waals surface area contributed by atoms with Crippen LogP contribution in [-0.4, -0.2) is 31.6 Å². The summed E-state index contributed by atoms with van der Waals surface area (Å²) in [6.07, 6.45) is 0.0228. The third-order valence-corrected chi connectivity index (χ3v) is 5.71. The Morgan fingerprint density at radius 1 is 1.43 bits per heavy atom. The molecule has 1 aromatic heterocycles. The number of thiazole rings is 1. The minimum absolute atomic E-state index is 0.0228. The van der Waals surface area contributed by atoms with Crippen LogP contribution in [0, 0.1) is 5.92 Å². The molecule has 23 heavy (non-hydrogen) atoms. The first-order valence-corrected chi connectivity index (χ1v) is 9.98. The number of rotatable bonds is 4. The zero-order valence-corrected chi connectivity index (χ0v) is 15.0. The zero-order chi connectivity index (χ0) is 16.6. The van der Waals surface area contributed by atoms with Gasteiger partial charge >= 0.3 is 10.2 Å². The van der Waals surface area contributed by atoms with Crippen LogP contribution in [0.1, 0.15) is 6.42 Å². The topological polar surface area (TPSA) is 67.3 Å². The molecule has 1 fully saturated rings. The van der Waals surface area contributed by atoms with E-state index in [1.165, 1.54) is 16.2 Å². The summed E-state index contributed by atoms with van der Waals surface area (Å²) in [5, 5.41) is 2.34. The van der Waals surface area contributed by atoms with Gasteiger partial charge in [-0.2, -0.15) is 8.42 Å². The van der Waals surface area contributed by atoms with Crippen LogP contribution in [0.25, 0.3) is 11.3 Å². The normalized spacial score (nSPS) is 18.6. The van der Waals surface area contributed by atoms with E-state index >= 15 is 0 Å². The SMILES string of the molecule is O=C1CC(CS(=O)(=O)F)CN1c1nc(-c2cccc(Br)c2)cs1. The Morgan fingerprint density at radius 2 is 2.22 bits per heavy atom. The van der Waals surface area contributed by atoms with Crippen molar-refractivity contribution in [1.29, 1.82) is 0 Å². The van der Waals surface area contributed by atoms with Crippen LogP contribution >= 0.6 is 27.3 Å². The number of hydrogen-bond donors (Lipinski definition) is 0. The molecular formula is C14H12BrFN2O3S2. The van der Waals surface area contributed by atoms with E-state index in [4.69, 9.17) is 0 Å². The largest absolute Gasteiger partial charge is 0.302 e. The summed E-state index contributed by atoms with van der Waals surface area (Å²) >= 11 is 4.70. The summed E-state index contributed by atoms with van der Waals surface area (Å²) in [7, 11) is -4.58. The molecule has 2 heterocycles. The van der Waals surface area contributed by atoms with Gasteiger partial charge in [0.15, 0.2) is 5.13 Å². The van der Waals surface area contributed by atoms with E-state index < -0.39 is 21.9 Å². The van der Waals surface area contributed by atoms with E-state index in [0.717, 1.165) is 15.7 Å². The average Bonchev–Trinajstić information content (AvgIpc) is 3.03. The Balaban J connectivity index is 1.79. The van der Waals surface area contributed by atoms with E-state index in [9.17, 15) is 17.1 Å². The number of amides is 1.